The fourth-order valence-corrected chi connectivity index (χ4v) is 3.28. The van der Waals surface area contributed by atoms with Crippen LogP contribution in [0.1, 0.15) is 57.8 Å². The van der Waals surface area contributed by atoms with Gasteiger partial charge in [-0.05, 0) is 38.5 Å². The second-order valence-electron chi connectivity index (χ2n) is 5.90. The van der Waals surface area contributed by atoms with Crippen LogP contribution in [-0.4, -0.2) is 34.4 Å². The molecular weight excluding hydrogens is 230 g/mol. The maximum Gasteiger partial charge on any atom is 0.252 e. The van der Waals surface area contributed by atoms with Crippen LogP contribution in [0.2, 0.25) is 0 Å². The molecule has 3 N–H and O–H groups in total. The maximum absolute atomic E-state index is 12.2. The first-order valence-electron chi connectivity index (χ1n) is 7.30. The highest BCUT2D eigenvalue weighted by Crippen LogP contribution is 2.31. The Bertz CT molecular complexity index is 287. The summed E-state index contributed by atoms with van der Waals surface area (Å²) in [6.07, 6.45) is 8.31. The average Bonchev–Trinajstić information content (AvgIpc) is 2.69. The number of amides is 1. The van der Waals surface area contributed by atoms with Crippen LogP contribution in [0, 0.1) is 5.92 Å². The van der Waals surface area contributed by atoms with Crippen molar-refractivity contribution in [2.75, 3.05) is 6.61 Å². The predicted molar refractivity (Wildman–Crippen MR) is 69.0 cm³/mol. The van der Waals surface area contributed by atoms with Crippen LogP contribution >= 0.6 is 0 Å². The minimum atomic E-state index is -1.15. The molecular formula is C14H25NO3. The van der Waals surface area contributed by atoms with E-state index in [9.17, 15) is 15.0 Å². The number of aliphatic hydroxyl groups is 2. The Hall–Kier alpha value is -0.610. The summed E-state index contributed by atoms with van der Waals surface area (Å²) in [7, 11) is 0. The van der Waals surface area contributed by atoms with Crippen molar-refractivity contribution in [1.29, 1.82) is 0 Å². The Kier molecular flexibility index (Phi) is 4.62. The molecule has 0 aromatic heterocycles. The molecule has 0 unspecified atom stereocenters. The second kappa shape index (κ2) is 6.02. The van der Waals surface area contributed by atoms with Gasteiger partial charge in [0.15, 0.2) is 0 Å². The summed E-state index contributed by atoms with van der Waals surface area (Å²) in [6.45, 7) is 0.128. The van der Waals surface area contributed by atoms with Crippen molar-refractivity contribution in [1.82, 2.24) is 5.32 Å². The van der Waals surface area contributed by atoms with Gasteiger partial charge in [-0.25, -0.2) is 0 Å². The summed E-state index contributed by atoms with van der Waals surface area (Å²) in [6, 6.07) is 0.0367. The smallest absolute Gasteiger partial charge is 0.252 e. The number of nitrogens with one attached hydrogen (secondary N) is 1. The summed E-state index contributed by atoms with van der Waals surface area (Å²) >= 11 is 0. The molecule has 2 aliphatic carbocycles. The fourth-order valence-electron chi connectivity index (χ4n) is 3.28. The summed E-state index contributed by atoms with van der Waals surface area (Å²) in [5.41, 5.74) is -1.15. The Morgan fingerprint density at radius 1 is 1.11 bits per heavy atom. The van der Waals surface area contributed by atoms with E-state index in [4.69, 9.17) is 0 Å². The molecule has 18 heavy (non-hydrogen) atoms. The number of carbonyl (C=O) groups is 1. The molecule has 2 atom stereocenters. The van der Waals surface area contributed by atoms with Gasteiger partial charge in [0.25, 0.3) is 5.91 Å². The number of rotatable bonds is 3. The van der Waals surface area contributed by atoms with E-state index in [0.717, 1.165) is 38.5 Å². The van der Waals surface area contributed by atoms with E-state index in [1.54, 1.807) is 0 Å². The van der Waals surface area contributed by atoms with Gasteiger partial charge in [-0.3, -0.25) is 4.79 Å². The van der Waals surface area contributed by atoms with E-state index in [2.05, 4.69) is 5.32 Å². The SMILES string of the molecule is O=C(N[C@H]1CCCCC[C@H]1CO)C1(O)CCCC1. The first kappa shape index (κ1) is 13.8. The Labute approximate surface area is 109 Å². The van der Waals surface area contributed by atoms with Gasteiger partial charge in [0.1, 0.15) is 5.60 Å². The molecule has 0 radical (unpaired) electrons. The number of aliphatic hydroxyl groups excluding tert-OH is 1. The zero-order chi connectivity index (χ0) is 13.0. The van der Waals surface area contributed by atoms with Gasteiger partial charge in [-0.1, -0.05) is 19.3 Å². The van der Waals surface area contributed by atoms with Gasteiger partial charge in [-0.2, -0.15) is 0 Å². The highest BCUT2D eigenvalue weighted by atomic mass is 16.3. The minimum absolute atomic E-state index is 0.0367. The maximum atomic E-state index is 12.2. The Morgan fingerprint density at radius 3 is 2.44 bits per heavy atom. The number of hydrogen-bond donors (Lipinski definition) is 3. The van der Waals surface area contributed by atoms with E-state index in [-0.39, 0.29) is 24.5 Å². The molecule has 0 aliphatic heterocycles. The lowest BCUT2D eigenvalue weighted by atomic mass is 9.93. The summed E-state index contributed by atoms with van der Waals surface area (Å²) in [5, 5.41) is 22.7. The van der Waals surface area contributed by atoms with Crippen LogP contribution in [-0.2, 0) is 4.79 Å². The molecule has 0 spiro atoms. The van der Waals surface area contributed by atoms with E-state index in [0.29, 0.717) is 12.8 Å². The Balaban J connectivity index is 1.95. The highest BCUT2D eigenvalue weighted by molar-refractivity contribution is 5.85. The van der Waals surface area contributed by atoms with Crippen LogP contribution in [0.3, 0.4) is 0 Å². The highest BCUT2D eigenvalue weighted by Gasteiger charge is 2.40. The third-order valence-electron chi connectivity index (χ3n) is 4.56. The monoisotopic (exact) mass is 255 g/mol. The van der Waals surface area contributed by atoms with Crippen LogP contribution in [0.5, 0.6) is 0 Å². The summed E-state index contributed by atoms with van der Waals surface area (Å²) < 4.78 is 0. The van der Waals surface area contributed by atoms with Crippen molar-refractivity contribution in [2.24, 2.45) is 5.92 Å². The van der Waals surface area contributed by atoms with Gasteiger partial charge in [0, 0.05) is 18.6 Å². The van der Waals surface area contributed by atoms with Crippen LogP contribution in [0.25, 0.3) is 0 Å². The summed E-state index contributed by atoms with van der Waals surface area (Å²) in [4.78, 5) is 12.2. The van der Waals surface area contributed by atoms with E-state index in [1.807, 2.05) is 0 Å². The molecule has 4 heteroatoms. The van der Waals surface area contributed by atoms with Gasteiger partial charge in [0.05, 0.1) is 0 Å². The van der Waals surface area contributed by atoms with Crippen molar-refractivity contribution in [3.05, 3.63) is 0 Å². The average molecular weight is 255 g/mol. The third-order valence-corrected chi connectivity index (χ3v) is 4.56. The largest absolute Gasteiger partial charge is 0.396 e. The normalized spacial score (nSPS) is 31.9. The van der Waals surface area contributed by atoms with E-state index < -0.39 is 5.60 Å². The first-order valence-corrected chi connectivity index (χ1v) is 7.30. The van der Waals surface area contributed by atoms with E-state index in [1.165, 1.54) is 6.42 Å². The molecule has 0 bridgehead atoms. The van der Waals surface area contributed by atoms with Crippen molar-refractivity contribution in [2.45, 2.75) is 69.4 Å². The lowest BCUT2D eigenvalue weighted by Crippen LogP contribution is -2.51. The third kappa shape index (κ3) is 3.04. The van der Waals surface area contributed by atoms with Crippen molar-refractivity contribution in [3.8, 4) is 0 Å². The molecule has 4 nitrogen and oxygen atoms in total. The molecule has 2 fully saturated rings. The van der Waals surface area contributed by atoms with Crippen molar-refractivity contribution < 1.29 is 15.0 Å². The van der Waals surface area contributed by atoms with Gasteiger partial charge in [0.2, 0.25) is 0 Å². The zero-order valence-electron chi connectivity index (χ0n) is 11.0. The fraction of sp³-hybridized carbons (Fsp3) is 0.929. The minimum Gasteiger partial charge on any atom is -0.396 e. The lowest BCUT2D eigenvalue weighted by Gasteiger charge is -2.29. The van der Waals surface area contributed by atoms with Gasteiger partial charge < -0.3 is 15.5 Å². The number of carbonyl (C=O) groups excluding carboxylic acids is 1. The second-order valence-corrected chi connectivity index (χ2v) is 5.90. The van der Waals surface area contributed by atoms with Crippen molar-refractivity contribution in [3.63, 3.8) is 0 Å². The molecule has 104 valence electrons. The van der Waals surface area contributed by atoms with Gasteiger partial charge >= 0.3 is 0 Å². The standard InChI is InChI=1S/C14H25NO3/c16-10-11-6-2-1-3-7-12(11)15-13(17)14(18)8-4-5-9-14/h11-12,16,18H,1-10H2,(H,15,17)/t11-,12-/m0/s1. The molecule has 0 saturated heterocycles. The van der Waals surface area contributed by atoms with E-state index >= 15 is 0 Å². The van der Waals surface area contributed by atoms with Crippen LogP contribution in [0.4, 0.5) is 0 Å². The topological polar surface area (TPSA) is 69.6 Å². The first-order chi connectivity index (χ1) is 8.65. The quantitative estimate of drug-likeness (QED) is 0.667. The molecule has 2 saturated carbocycles. The predicted octanol–water partition coefficient (Wildman–Crippen LogP) is 1.35. The van der Waals surface area contributed by atoms with Crippen LogP contribution < -0.4 is 5.32 Å². The summed E-state index contributed by atoms with van der Waals surface area (Å²) in [5.74, 6) is -0.0631. The molecule has 2 aliphatic rings. The molecule has 2 rings (SSSR count). The molecule has 0 aromatic rings. The molecule has 1 amide bonds. The van der Waals surface area contributed by atoms with Crippen LogP contribution in [0.15, 0.2) is 0 Å². The molecule has 0 heterocycles. The Morgan fingerprint density at radius 2 is 1.78 bits per heavy atom. The lowest BCUT2D eigenvalue weighted by molar-refractivity contribution is -0.140. The zero-order valence-corrected chi connectivity index (χ0v) is 11.0. The number of hydrogen-bond acceptors (Lipinski definition) is 3. The molecule has 0 aromatic carbocycles. The van der Waals surface area contributed by atoms with Crippen molar-refractivity contribution >= 4 is 5.91 Å². The van der Waals surface area contributed by atoms with Gasteiger partial charge in [-0.15, -0.1) is 0 Å².